The summed E-state index contributed by atoms with van der Waals surface area (Å²) in [5.41, 5.74) is 7.82. The Balaban J connectivity index is 2.20. The van der Waals surface area contributed by atoms with Gasteiger partial charge in [0.05, 0.1) is 5.69 Å². The van der Waals surface area contributed by atoms with E-state index < -0.39 is 0 Å². The highest BCUT2D eigenvalue weighted by Crippen LogP contribution is 2.00. The molecule has 1 aromatic heterocycles. The van der Waals surface area contributed by atoms with Gasteiger partial charge < -0.3 is 11.1 Å². The molecular weight excluding hydrogens is 186 g/mol. The van der Waals surface area contributed by atoms with Crippen molar-refractivity contribution in [2.75, 3.05) is 13.1 Å². The maximum atomic E-state index is 5.41. The Bertz CT molecular complexity index is 256. The molecule has 0 aliphatic heterocycles. The number of unbranched alkanes of at least 4 members (excludes halogenated alkanes) is 1. The van der Waals surface area contributed by atoms with Gasteiger partial charge in [-0.15, -0.1) is 0 Å². The molecule has 0 saturated carbocycles. The van der Waals surface area contributed by atoms with E-state index >= 15 is 0 Å². The lowest BCUT2D eigenvalue weighted by atomic mass is 10.2. The van der Waals surface area contributed by atoms with E-state index in [1.165, 1.54) is 5.56 Å². The maximum Gasteiger partial charge on any atom is 0.0541 e. The van der Waals surface area contributed by atoms with Crippen LogP contribution in [0.1, 0.15) is 31.0 Å². The van der Waals surface area contributed by atoms with Gasteiger partial charge in [-0.2, -0.15) is 0 Å². The van der Waals surface area contributed by atoms with Gasteiger partial charge in [0.25, 0.3) is 0 Å². The molecule has 0 aliphatic rings. The van der Waals surface area contributed by atoms with Crippen LogP contribution in [0, 0.1) is 0 Å². The Labute approximate surface area is 92.1 Å². The van der Waals surface area contributed by atoms with Gasteiger partial charge in [-0.1, -0.05) is 13.0 Å². The van der Waals surface area contributed by atoms with E-state index in [9.17, 15) is 0 Å². The number of pyridine rings is 1. The van der Waals surface area contributed by atoms with E-state index in [1.807, 2.05) is 6.20 Å². The normalized spacial score (nSPS) is 10.5. The monoisotopic (exact) mass is 207 g/mol. The largest absolute Gasteiger partial charge is 0.330 e. The van der Waals surface area contributed by atoms with Gasteiger partial charge in [0.15, 0.2) is 0 Å². The van der Waals surface area contributed by atoms with Crippen molar-refractivity contribution in [1.29, 1.82) is 0 Å². The van der Waals surface area contributed by atoms with E-state index in [1.54, 1.807) is 0 Å². The lowest BCUT2D eigenvalue weighted by Gasteiger charge is -2.04. The topological polar surface area (TPSA) is 50.9 Å². The minimum absolute atomic E-state index is 0.783. The zero-order valence-electron chi connectivity index (χ0n) is 9.50. The van der Waals surface area contributed by atoms with Gasteiger partial charge >= 0.3 is 0 Å². The van der Waals surface area contributed by atoms with Crippen LogP contribution in [0.4, 0.5) is 0 Å². The van der Waals surface area contributed by atoms with Crippen molar-refractivity contribution in [3.63, 3.8) is 0 Å². The summed E-state index contributed by atoms with van der Waals surface area (Å²) < 4.78 is 0. The average Bonchev–Trinajstić information content (AvgIpc) is 2.30. The van der Waals surface area contributed by atoms with Crippen molar-refractivity contribution < 1.29 is 0 Å². The van der Waals surface area contributed by atoms with Crippen LogP contribution in [0.25, 0.3) is 0 Å². The number of hydrogen-bond acceptors (Lipinski definition) is 3. The predicted molar refractivity (Wildman–Crippen MR) is 63.6 cm³/mol. The van der Waals surface area contributed by atoms with Crippen molar-refractivity contribution in [3.8, 4) is 0 Å². The van der Waals surface area contributed by atoms with Crippen LogP contribution in [0.3, 0.4) is 0 Å². The highest BCUT2D eigenvalue weighted by Gasteiger charge is 1.94. The van der Waals surface area contributed by atoms with Crippen molar-refractivity contribution in [2.45, 2.75) is 32.7 Å². The molecule has 0 bridgehead atoms. The molecular formula is C12H21N3. The van der Waals surface area contributed by atoms with Crippen LogP contribution in [-0.2, 0) is 13.0 Å². The molecule has 0 amide bonds. The molecule has 0 aliphatic carbocycles. The summed E-state index contributed by atoms with van der Waals surface area (Å²) in [6.45, 7) is 4.80. The summed E-state index contributed by atoms with van der Waals surface area (Å²) in [7, 11) is 0. The second-order valence-corrected chi connectivity index (χ2v) is 3.68. The van der Waals surface area contributed by atoms with Crippen LogP contribution < -0.4 is 11.1 Å². The standard InChI is InChI=1S/C12H21N3/c1-2-11-5-6-12(15-9-11)10-14-8-4-3-7-13/h5-6,9,14H,2-4,7-8,10,13H2,1H3. The Morgan fingerprint density at radius 1 is 1.33 bits per heavy atom. The van der Waals surface area contributed by atoms with E-state index in [4.69, 9.17) is 5.73 Å². The second-order valence-electron chi connectivity index (χ2n) is 3.68. The highest BCUT2D eigenvalue weighted by atomic mass is 14.9. The molecule has 0 atom stereocenters. The van der Waals surface area contributed by atoms with Crippen molar-refractivity contribution in [2.24, 2.45) is 5.73 Å². The van der Waals surface area contributed by atoms with E-state index in [-0.39, 0.29) is 0 Å². The summed E-state index contributed by atoms with van der Waals surface area (Å²) in [5.74, 6) is 0. The van der Waals surface area contributed by atoms with Gasteiger partial charge in [-0.05, 0) is 44.0 Å². The summed E-state index contributed by atoms with van der Waals surface area (Å²) in [6.07, 6.45) is 5.24. The summed E-state index contributed by atoms with van der Waals surface area (Å²) >= 11 is 0. The third-order valence-corrected chi connectivity index (χ3v) is 2.41. The van der Waals surface area contributed by atoms with Crippen LogP contribution in [0.5, 0.6) is 0 Å². The molecule has 3 heteroatoms. The first kappa shape index (κ1) is 12.1. The van der Waals surface area contributed by atoms with Gasteiger partial charge in [0.2, 0.25) is 0 Å². The molecule has 0 fully saturated rings. The molecule has 0 aromatic carbocycles. The van der Waals surface area contributed by atoms with E-state index in [0.29, 0.717) is 0 Å². The number of aromatic nitrogens is 1. The first-order chi connectivity index (χ1) is 7.36. The third kappa shape index (κ3) is 4.91. The van der Waals surface area contributed by atoms with Gasteiger partial charge in [0.1, 0.15) is 0 Å². The van der Waals surface area contributed by atoms with Crippen molar-refractivity contribution in [1.82, 2.24) is 10.3 Å². The smallest absolute Gasteiger partial charge is 0.0541 e. The Morgan fingerprint density at radius 3 is 2.80 bits per heavy atom. The van der Waals surface area contributed by atoms with Gasteiger partial charge in [-0.25, -0.2) is 0 Å². The predicted octanol–water partition coefficient (Wildman–Crippen LogP) is 1.47. The zero-order valence-corrected chi connectivity index (χ0v) is 9.50. The summed E-state index contributed by atoms with van der Waals surface area (Å²) in [5, 5.41) is 3.36. The fraction of sp³-hybridized carbons (Fsp3) is 0.583. The van der Waals surface area contributed by atoms with Crippen molar-refractivity contribution in [3.05, 3.63) is 29.6 Å². The molecule has 3 N–H and O–H groups in total. The van der Waals surface area contributed by atoms with E-state index in [0.717, 1.165) is 44.6 Å². The number of aryl methyl sites for hydroxylation is 1. The quantitative estimate of drug-likeness (QED) is 0.666. The molecule has 0 radical (unpaired) electrons. The Hall–Kier alpha value is -0.930. The van der Waals surface area contributed by atoms with Crippen molar-refractivity contribution >= 4 is 0 Å². The highest BCUT2D eigenvalue weighted by molar-refractivity contribution is 5.13. The number of nitrogens with zero attached hydrogens (tertiary/aromatic N) is 1. The molecule has 0 unspecified atom stereocenters. The molecule has 3 nitrogen and oxygen atoms in total. The first-order valence-electron chi connectivity index (χ1n) is 5.71. The molecule has 84 valence electrons. The SMILES string of the molecule is CCc1ccc(CNCCCCN)nc1. The zero-order chi connectivity index (χ0) is 10.9. The molecule has 0 spiro atoms. The molecule has 1 aromatic rings. The molecule has 1 heterocycles. The lowest BCUT2D eigenvalue weighted by Crippen LogP contribution is -2.16. The summed E-state index contributed by atoms with van der Waals surface area (Å²) in [4.78, 5) is 4.38. The van der Waals surface area contributed by atoms with Gasteiger partial charge in [-0.3, -0.25) is 4.98 Å². The summed E-state index contributed by atoms with van der Waals surface area (Å²) in [6, 6.07) is 4.23. The number of nitrogens with one attached hydrogen (secondary N) is 1. The minimum atomic E-state index is 0.783. The van der Waals surface area contributed by atoms with Crippen LogP contribution >= 0.6 is 0 Å². The lowest BCUT2D eigenvalue weighted by molar-refractivity contribution is 0.620. The number of nitrogens with two attached hydrogens (primary N) is 1. The minimum Gasteiger partial charge on any atom is -0.330 e. The maximum absolute atomic E-state index is 5.41. The van der Waals surface area contributed by atoms with Crippen LogP contribution in [0.15, 0.2) is 18.3 Å². The number of rotatable bonds is 7. The second kappa shape index (κ2) is 7.37. The third-order valence-electron chi connectivity index (χ3n) is 2.41. The first-order valence-corrected chi connectivity index (χ1v) is 5.71. The molecule has 15 heavy (non-hydrogen) atoms. The number of hydrogen-bond donors (Lipinski definition) is 2. The van der Waals surface area contributed by atoms with Crippen LogP contribution in [0.2, 0.25) is 0 Å². The average molecular weight is 207 g/mol. The fourth-order valence-electron chi connectivity index (χ4n) is 1.38. The van der Waals surface area contributed by atoms with E-state index in [2.05, 4.69) is 29.4 Å². The Kier molecular flexibility index (Phi) is 5.97. The molecule has 0 saturated heterocycles. The van der Waals surface area contributed by atoms with Gasteiger partial charge in [0, 0.05) is 12.7 Å². The van der Waals surface area contributed by atoms with Crippen LogP contribution in [-0.4, -0.2) is 18.1 Å². The Morgan fingerprint density at radius 2 is 2.20 bits per heavy atom. The fourth-order valence-corrected chi connectivity index (χ4v) is 1.38. The molecule has 1 rings (SSSR count).